The number of alkyl halides is 3. The van der Waals surface area contributed by atoms with E-state index in [-0.39, 0.29) is 29.6 Å². The fourth-order valence-electron chi connectivity index (χ4n) is 7.39. The van der Waals surface area contributed by atoms with Crippen LogP contribution >= 0.6 is 0 Å². The Labute approximate surface area is 245 Å². The number of carbonyl (C=O) groups is 1. The molecule has 2 unspecified atom stereocenters. The number of rotatable bonds is 5. The first-order valence-corrected chi connectivity index (χ1v) is 15.0. The second-order valence-corrected chi connectivity index (χ2v) is 12.3. The quantitative estimate of drug-likeness (QED) is 0.373. The van der Waals surface area contributed by atoms with Crippen molar-refractivity contribution in [3.05, 3.63) is 77.1 Å². The number of likely N-dealkylation sites (tertiary alicyclic amines) is 1. The lowest BCUT2D eigenvalue weighted by Gasteiger charge is -2.53. The second kappa shape index (κ2) is 11.2. The zero-order valence-corrected chi connectivity index (χ0v) is 24.5. The largest absolute Gasteiger partial charge is 0.416 e. The third-order valence-electron chi connectivity index (χ3n) is 9.78. The molecule has 2 fully saturated rings. The smallest absolute Gasteiger partial charge is 0.376 e. The minimum Gasteiger partial charge on any atom is -0.376 e. The zero-order chi connectivity index (χ0) is 29.6. The number of pyridine rings is 1. The van der Waals surface area contributed by atoms with Gasteiger partial charge < -0.3 is 9.64 Å². The number of benzene rings is 2. The van der Waals surface area contributed by atoms with Gasteiger partial charge in [0.2, 0.25) is 0 Å². The van der Waals surface area contributed by atoms with E-state index < -0.39 is 11.7 Å². The van der Waals surface area contributed by atoms with Crippen molar-refractivity contribution in [1.82, 2.24) is 19.7 Å². The Morgan fingerprint density at radius 2 is 1.88 bits per heavy atom. The van der Waals surface area contributed by atoms with E-state index in [4.69, 9.17) is 4.74 Å². The van der Waals surface area contributed by atoms with Crippen LogP contribution in [0, 0.1) is 0 Å². The summed E-state index contributed by atoms with van der Waals surface area (Å²) in [6.07, 6.45) is 1.30. The number of piperazine rings is 1. The molecule has 9 heteroatoms. The SMILES string of the molecule is CCOC1Cc2cc(C(F)(F)F)ccc2[C@H]1N1CCN(C2(C)CCN(C(=O)c3cccc4cnccc34)CC2)CC1C. The summed E-state index contributed by atoms with van der Waals surface area (Å²) in [5.74, 6) is 0.0718. The van der Waals surface area contributed by atoms with Crippen LogP contribution in [0.1, 0.15) is 66.7 Å². The molecule has 2 aromatic carbocycles. The molecule has 2 aliphatic heterocycles. The third kappa shape index (κ3) is 5.31. The highest BCUT2D eigenvalue weighted by Gasteiger charge is 2.45. The summed E-state index contributed by atoms with van der Waals surface area (Å²) >= 11 is 0. The van der Waals surface area contributed by atoms with Gasteiger partial charge in [-0.25, -0.2) is 0 Å². The lowest BCUT2D eigenvalue weighted by Crippen LogP contribution is -2.62. The fourth-order valence-corrected chi connectivity index (χ4v) is 7.39. The van der Waals surface area contributed by atoms with Gasteiger partial charge in [0.1, 0.15) is 0 Å². The number of nitrogens with zero attached hydrogens (tertiary/aromatic N) is 4. The van der Waals surface area contributed by atoms with E-state index in [1.807, 2.05) is 36.1 Å². The second-order valence-electron chi connectivity index (χ2n) is 12.3. The number of amides is 1. The maximum absolute atomic E-state index is 13.5. The van der Waals surface area contributed by atoms with Gasteiger partial charge in [0, 0.05) is 80.7 Å². The number of halogens is 3. The average molecular weight is 581 g/mol. The van der Waals surface area contributed by atoms with Gasteiger partial charge in [-0.2, -0.15) is 13.2 Å². The van der Waals surface area contributed by atoms with Gasteiger partial charge >= 0.3 is 6.18 Å². The summed E-state index contributed by atoms with van der Waals surface area (Å²) in [4.78, 5) is 24.7. The van der Waals surface area contributed by atoms with Crippen LogP contribution in [0.2, 0.25) is 0 Å². The van der Waals surface area contributed by atoms with E-state index in [0.717, 1.165) is 59.9 Å². The first-order chi connectivity index (χ1) is 20.1. The Kier molecular flexibility index (Phi) is 7.79. The number of aromatic nitrogens is 1. The molecule has 6 rings (SSSR count). The van der Waals surface area contributed by atoms with E-state index in [1.54, 1.807) is 18.5 Å². The third-order valence-corrected chi connectivity index (χ3v) is 9.78. The molecule has 3 aromatic rings. The van der Waals surface area contributed by atoms with Gasteiger partial charge in [-0.1, -0.05) is 18.2 Å². The van der Waals surface area contributed by atoms with Crippen LogP contribution in [0.15, 0.2) is 54.9 Å². The molecule has 42 heavy (non-hydrogen) atoms. The molecule has 2 saturated heterocycles. The molecule has 0 radical (unpaired) electrons. The molecular weight excluding hydrogens is 541 g/mol. The zero-order valence-electron chi connectivity index (χ0n) is 24.5. The van der Waals surface area contributed by atoms with Crippen molar-refractivity contribution >= 4 is 16.7 Å². The molecule has 3 heterocycles. The van der Waals surface area contributed by atoms with E-state index in [2.05, 4.69) is 28.6 Å². The first kappa shape index (κ1) is 29.1. The molecule has 3 aliphatic rings. The number of hydrogen-bond donors (Lipinski definition) is 0. The van der Waals surface area contributed by atoms with Crippen LogP contribution in [0.25, 0.3) is 10.8 Å². The highest BCUT2D eigenvalue weighted by atomic mass is 19.4. The molecule has 1 aliphatic carbocycles. The number of fused-ring (bicyclic) bond motifs is 2. The van der Waals surface area contributed by atoms with Crippen molar-refractivity contribution in [2.24, 2.45) is 0 Å². The van der Waals surface area contributed by atoms with Gasteiger partial charge in [0.25, 0.3) is 5.91 Å². The maximum Gasteiger partial charge on any atom is 0.416 e. The molecule has 0 saturated carbocycles. The Bertz CT molecular complexity index is 1450. The van der Waals surface area contributed by atoms with Crippen LogP contribution in [0.3, 0.4) is 0 Å². The Balaban J connectivity index is 1.13. The van der Waals surface area contributed by atoms with Gasteiger partial charge in [0.05, 0.1) is 17.7 Å². The van der Waals surface area contributed by atoms with Crippen LogP contribution in [-0.4, -0.2) is 82.6 Å². The fraction of sp³-hybridized carbons (Fsp3) is 0.515. The summed E-state index contributed by atoms with van der Waals surface area (Å²) in [7, 11) is 0. The normalized spacial score (nSPS) is 25.1. The van der Waals surface area contributed by atoms with Crippen molar-refractivity contribution in [3.8, 4) is 0 Å². The lowest BCUT2D eigenvalue weighted by atomic mass is 9.86. The lowest BCUT2D eigenvalue weighted by molar-refractivity contribution is -0.137. The summed E-state index contributed by atoms with van der Waals surface area (Å²) in [5, 5.41) is 1.90. The summed E-state index contributed by atoms with van der Waals surface area (Å²) in [6.45, 7) is 11.0. The van der Waals surface area contributed by atoms with Crippen molar-refractivity contribution in [2.75, 3.05) is 39.3 Å². The van der Waals surface area contributed by atoms with Gasteiger partial charge in [-0.15, -0.1) is 0 Å². The number of piperidine rings is 1. The standard InChI is InChI=1S/C33H39F3N4O2/c1-4-42-29-19-24-18-25(33(34,35)36)8-9-27(24)30(29)40-17-16-39(21-22(40)2)32(3)11-14-38(15-12-32)31(41)28-7-5-6-23-20-37-13-10-26(23)28/h5-10,13,18,20,22,29-30H,4,11-12,14-17,19,21H2,1-3H3/t22?,29?,30-/m1/s1. The minimum atomic E-state index is -4.35. The Morgan fingerprint density at radius 1 is 1.10 bits per heavy atom. The van der Waals surface area contributed by atoms with Crippen molar-refractivity contribution in [1.29, 1.82) is 0 Å². The van der Waals surface area contributed by atoms with E-state index >= 15 is 0 Å². The van der Waals surface area contributed by atoms with Crippen molar-refractivity contribution in [3.63, 3.8) is 0 Å². The molecular formula is C33H39F3N4O2. The van der Waals surface area contributed by atoms with Crippen molar-refractivity contribution < 1.29 is 22.7 Å². The molecule has 224 valence electrons. The van der Waals surface area contributed by atoms with E-state index in [1.165, 1.54) is 12.1 Å². The van der Waals surface area contributed by atoms with Crippen LogP contribution < -0.4 is 0 Å². The van der Waals surface area contributed by atoms with E-state index in [9.17, 15) is 18.0 Å². The minimum absolute atomic E-state index is 0.0195. The predicted molar refractivity (Wildman–Crippen MR) is 156 cm³/mol. The van der Waals surface area contributed by atoms with Crippen molar-refractivity contribution in [2.45, 2.75) is 69.9 Å². The molecule has 3 atom stereocenters. The predicted octanol–water partition coefficient (Wildman–Crippen LogP) is 5.96. The number of ether oxygens (including phenoxy) is 1. The van der Waals surface area contributed by atoms with Gasteiger partial charge in [0.15, 0.2) is 0 Å². The molecule has 1 aromatic heterocycles. The highest BCUT2D eigenvalue weighted by molar-refractivity contribution is 6.06. The van der Waals surface area contributed by atoms with E-state index in [0.29, 0.717) is 26.1 Å². The Hall–Kier alpha value is -3.01. The highest BCUT2D eigenvalue weighted by Crippen LogP contribution is 2.43. The number of hydrogen-bond acceptors (Lipinski definition) is 5. The summed E-state index contributed by atoms with van der Waals surface area (Å²) < 4.78 is 46.4. The van der Waals surface area contributed by atoms with Crippen LogP contribution in [0.4, 0.5) is 13.2 Å². The topological polar surface area (TPSA) is 48.9 Å². The maximum atomic E-state index is 13.5. The summed E-state index contributed by atoms with van der Waals surface area (Å²) in [6, 6.07) is 12.1. The molecule has 1 amide bonds. The van der Waals surface area contributed by atoms with Crippen LogP contribution in [0.5, 0.6) is 0 Å². The first-order valence-electron chi connectivity index (χ1n) is 15.0. The average Bonchev–Trinajstić information content (AvgIpc) is 3.33. The van der Waals surface area contributed by atoms with Crippen LogP contribution in [-0.2, 0) is 17.3 Å². The molecule has 6 nitrogen and oxygen atoms in total. The summed E-state index contributed by atoms with van der Waals surface area (Å²) in [5.41, 5.74) is 1.82. The molecule has 0 bridgehead atoms. The Morgan fingerprint density at radius 3 is 2.60 bits per heavy atom. The number of carbonyl (C=O) groups excluding carboxylic acids is 1. The molecule has 0 spiro atoms. The van der Waals surface area contributed by atoms with Gasteiger partial charge in [-0.3, -0.25) is 19.6 Å². The monoisotopic (exact) mass is 580 g/mol. The molecule has 0 N–H and O–H groups in total. The van der Waals surface area contributed by atoms with Gasteiger partial charge in [-0.05, 0) is 74.4 Å².